The molecule has 3 rings (SSSR count). The first-order valence-corrected chi connectivity index (χ1v) is 8.39. The summed E-state index contributed by atoms with van der Waals surface area (Å²) in [5, 5.41) is 9.69. The normalized spacial score (nSPS) is 11.4. The van der Waals surface area contributed by atoms with Crippen molar-refractivity contribution >= 4 is 11.8 Å². The molecule has 0 aromatic heterocycles. The fourth-order valence-corrected chi connectivity index (χ4v) is 2.54. The topological polar surface area (TPSA) is 72.8 Å². The SMILES string of the molecule is O=C(COc1ccccc1O)OC(C(=O)c1ccccc1)c1ccccc1. The molecule has 136 valence electrons. The Balaban J connectivity index is 1.74. The molecule has 0 fully saturated rings. The van der Waals surface area contributed by atoms with Crippen LogP contribution >= 0.6 is 0 Å². The summed E-state index contributed by atoms with van der Waals surface area (Å²) in [4.78, 5) is 25.1. The third-order valence-electron chi connectivity index (χ3n) is 3.86. The number of phenolic OH excluding ortho intramolecular Hbond substituents is 1. The fourth-order valence-electron chi connectivity index (χ4n) is 2.54. The van der Waals surface area contributed by atoms with Crippen LogP contribution in [0, 0.1) is 0 Å². The van der Waals surface area contributed by atoms with E-state index in [1.165, 1.54) is 12.1 Å². The Kier molecular flexibility index (Phi) is 5.84. The molecule has 3 aromatic carbocycles. The lowest BCUT2D eigenvalue weighted by Gasteiger charge is -2.18. The second kappa shape index (κ2) is 8.67. The number of para-hydroxylation sites is 2. The zero-order valence-corrected chi connectivity index (χ0v) is 14.4. The van der Waals surface area contributed by atoms with Crippen molar-refractivity contribution in [3.63, 3.8) is 0 Å². The van der Waals surface area contributed by atoms with Gasteiger partial charge in [0, 0.05) is 11.1 Å². The summed E-state index contributed by atoms with van der Waals surface area (Å²) in [7, 11) is 0. The van der Waals surface area contributed by atoms with E-state index in [2.05, 4.69) is 0 Å². The summed E-state index contributed by atoms with van der Waals surface area (Å²) < 4.78 is 10.7. The highest BCUT2D eigenvalue weighted by molar-refractivity contribution is 6.01. The maximum absolute atomic E-state index is 12.9. The smallest absolute Gasteiger partial charge is 0.345 e. The second-order valence-electron chi connectivity index (χ2n) is 5.77. The van der Waals surface area contributed by atoms with Crippen LogP contribution in [0.2, 0.25) is 0 Å². The Morgan fingerprint density at radius 3 is 2.07 bits per heavy atom. The number of rotatable bonds is 7. The van der Waals surface area contributed by atoms with Gasteiger partial charge in [0.05, 0.1) is 0 Å². The lowest BCUT2D eigenvalue weighted by Crippen LogP contribution is -2.23. The predicted octanol–water partition coefficient (Wildman–Crippen LogP) is 3.94. The number of ether oxygens (including phenoxy) is 2. The van der Waals surface area contributed by atoms with Crippen LogP contribution in [0.5, 0.6) is 11.5 Å². The molecule has 27 heavy (non-hydrogen) atoms. The Morgan fingerprint density at radius 1 is 0.815 bits per heavy atom. The summed E-state index contributed by atoms with van der Waals surface area (Å²) >= 11 is 0. The molecule has 0 saturated carbocycles. The quantitative estimate of drug-likeness (QED) is 0.509. The molecule has 5 heteroatoms. The molecular formula is C22H18O5. The van der Waals surface area contributed by atoms with Crippen molar-refractivity contribution in [3.8, 4) is 11.5 Å². The molecule has 0 saturated heterocycles. The largest absolute Gasteiger partial charge is 0.504 e. The lowest BCUT2D eigenvalue weighted by atomic mass is 10.00. The summed E-state index contributed by atoms with van der Waals surface area (Å²) in [6.07, 6.45) is -1.07. The molecule has 0 heterocycles. The van der Waals surface area contributed by atoms with Gasteiger partial charge in [-0.05, 0) is 12.1 Å². The molecular weight excluding hydrogens is 344 g/mol. The van der Waals surface area contributed by atoms with Crippen molar-refractivity contribution in [2.75, 3.05) is 6.61 Å². The van der Waals surface area contributed by atoms with Crippen LogP contribution in [-0.4, -0.2) is 23.5 Å². The Bertz CT molecular complexity index is 906. The van der Waals surface area contributed by atoms with Gasteiger partial charge in [-0.1, -0.05) is 72.8 Å². The molecule has 0 aliphatic carbocycles. The molecule has 0 aliphatic rings. The molecule has 0 spiro atoms. The molecule has 0 aliphatic heterocycles. The maximum atomic E-state index is 12.9. The molecule has 0 amide bonds. The van der Waals surface area contributed by atoms with E-state index in [0.29, 0.717) is 11.1 Å². The van der Waals surface area contributed by atoms with Crippen LogP contribution in [0.25, 0.3) is 0 Å². The number of hydrogen-bond donors (Lipinski definition) is 1. The molecule has 1 N–H and O–H groups in total. The highest BCUT2D eigenvalue weighted by Crippen LogP contribution is 2.25. The van der Waals surface area contributed by atoms with Crippen LogP contribution in [0.15, 0.2) is 84.9 Å². The minimum absolute atomic E-state index is 0.0785. The molecule has 0 radical (unpaired) electrons. The van der Waals surface area contributed by atoms with Crippen molar-refractivity contribution < 1.29 is 24.2 Å². The van der Waals surface area contributed by atoms with E-state index in [9.17, 15) is 14.7 Å². The van der Waals surface area contributed by atoms with Crippen molar-refractivity contribution in [2.24, 2.45) is 0 Å². The van der Waals surface area contributed by atoms with E-state index in [-0.39, 0.29) is 17.3 Å². The second-order valence-corrected chi connectivity index (χ2v) is 5.77. The number of aromatic hydroxyl groups is 1. The minimum atomic E-state index is -1.07. The van der Waals surface area contributed by atoms with Gasteiger partial charge in [0.1, 0.15) is 0 Å². The van der Waals surface area contributed by atoms with Crippen LogP contribution in [0.3, 0.4) is 0 Å². The van der Waals surface area contributed by atoms with E-state index < -0.39 is 18.7 Å². The highest BCUT2D eigenvalue weighted by Gasteiger charge is 2.26. The van der Waals surface area contributed by atoms with Gasteiger partial charge in [0.2, 0.25) is 5.78 Å². The number of phenols is 1. The number of benzene rings is 3. The number of esters is 1. The number of Topliss-reactive ketones (excluding diaryl/α,β-unsaturated/α-hetero) is 1. The van der Waals surface area contributed by atoms with Gasteiger partial charge in [0.25, 0.3) is 0 Å². The standard InChI is InChI=1S/C22H18O5/c23-18-13-7-8-14-19(18)26-15-20(24)27-22(17-11-5-2-6-12-17)21(25)16-9-3-1-4-10-16/h1-14,22-23H,15H2. The predicted molar refractivity (Wildman–Crippen MR) is 99.6 cm³/mol. The summed E-state index contributed by atoms with van der Waals surface area (Å²) in [6.45, 7) is -0.428. The number of ketones is 1. The maximum Gasteiger partial charge on any atom is 0.345 e. The molecule has 0 bridgehead atoms. The van der Waals surface area contributed by atoms with E-state index in [4.69, 9.17) is 9.47 Å². The van der Waals surface area contributed by atoms with E-state index in [1.54, 1.807) is 66.7 Å². The average Bonchev–Trinajstić information content (AvgIpc) is 2.72. The van der Waals surface area contributed by atoms with Gasteiger partial charge in [-0.3, -0.25) is 4.79 Å². The van der Waals surface area contributed by atoms with Gasteiger partial charge in [-0.2, -0.15) is 0 Å². The first-order chi connectivity index (χ1) is 13.1. The van der Waals surface area contributed by atoms with Crippen LogP contribution in [0.1, 0.15) is 22.0 Å². The van der Waals surface area contributed by atoms with Crippen molar-refractivity contribution in [1.82, 2.24) is 0 Å². The first-order valence-electron chi connectivity index (χ1n) is 8.39. The van der Waals surface area contributed by atoms with Gasteiger partial charge >= 0.3 is 5.97 Å². The van der Waals surface area contributed by atoms with Gasteiger partial charge < -0.3 is 14.6 Å². The van der Waals surface area contributed by atoms with Crippen molar-refractivity contribution in [3.05, 3.63) is 96.1 Å². The summed E-state index contributed by atoms with van der Waals surface area (Å²) in [5.41, 5.74) is 1.02. The number of carbonyl (C=O) groups excluding carboxylic acids is 2. The van der Waals surface area contributed by atoms with Crippen LogP contribution in [-0.2, 0) is 9.53 Å². The zero-order chi connectivity index (χ0) is 19.1. The van der Waals surface area contributed by atoms with Gasteiger partial charge in [-0.25, -0.2) is 4.79 Å². The number of hydrogen-bond acceptors (Lipinski definition) is 5. The monoisotopic (exact) mass is 362 g/mol. The van der Waals surface area contributed by atoms with Crippen LogP contribution in [0.4, 0.5) is 0 Å². The Morgan fingerprint density at radius 2 is 1.41 bits per heavy atom. The van der Waals surface area contributed by atoms with Crippen LogP contribution < -0.4 is 4.74 Å². The van der Waals surface area contributed by atoms with E-state index in [1.807, 2.05) is 6.07 Å². The lowest BCUT2D eigenvalue weighted by molar-refractivity contribution is -0.149. The molecule has 1 unspecified atom stereocenters. The highest BCUT2D eigenvalue weighted by atomic mass is 16.6. The first kappa shape index (κ1) is 18.2. The van der Waals surface area contributed by atoms with Crippen molar-refractivity contribution in [2.45, 2.75) is 6.10 Å². The third kappa shape index (κ3) is 4.73. The third-order valence-corrected chi connectivity index (χ3v) is 3.86. The molecule has 3 aromatic rings. The summed E-state index contributed by atoms with van der Waals surface area (Å²) in [6, 6.07) is 23.8. The Labute approximate surface area is 156 Å². The minimum Gasteiger partial charge on any atom is -0.504 e. The van der Waals surface area contributed by atoms with Crippen molar-refractivity contribution in [1.29, 1.82) is 0 Å². The number of carbonyl (C=O) groups is 2. The summed E-state index contributed by atoms with van der Waals surface area (Å²) in [5.74, 6) is -0.945. The zero-order valence-electron chi connectivity index (χ0n) is 14.4. The molecule has 5 nitrogen and oxygen atoms in total. The van der Waals surface area contributed by atoms with Gasteiger partial charge in [-0.15, -0.1) is 0 Å². The van der Waals surface area contributed by atoms with E-state index >= 15 is 0 Å². The fraction of sp³-hybridized carbons (Fsp3) is 0.0909. The van der Waals surface area contributed by atoms with Gasteiger partial charge in [0.15, 0.2) is 24.2 Å². The molecule has 1 atom stereocenters. The van der Waals surface area contributed by atoms with E-state index in [0.717, 1.165) is 0 Å². The Hall–Kier alpha value is -3.60. The average molecular weight is 362 g/mol.